The number of nitrogens with zero attached hydrogens (tertiary/aromatic N) is 1. The Morgan fingerprint density at radius 3 is 2.59 bits per heavy atom. The van der Waals surface area contributed by atoms with Crippen LogP contribution in [0, 0.1) is 0 Å². The van der Waals surface area contributed by atoms with E-state index in [2.05, 4.69) is 4.72 Å². The minimum absolute atomic E-state index is 0.106. The van der Waals surface area contributed by atoms with Gasteiger partial charge in [0.25, 0.3) is 10.2 Å². The SMILES string of the molecule is CC1CN(S(=O)(=O)NCc2ccc3c(c2)OCO3)CC(C)O1. The summed E-state index contributed by atoms with van der Waals surface area (Å²) in [5.74, 6) is 1.33. The molecule has 8 heteroatoms. The van der Waals surface area contributed by atoms with Gasteiger partial charge in [0.2, 0.25) is 6.79 Å². The van der Waals surface area contributed by atoms with Gasteiger partial charge in [-0.25, -0.2) is 0 Å². The van der Waals surface area contributed by atoms with Crippen LogP contribution in [0.3, 0.4) is 0 Å². The summed E-state index contributed by atoms with van der Waals surface area (Å²) in [6.45, 7) is 4.88. The number of hydrogen-bond donors (Lipinski definition) is 1. The molecule has 1 N–H and O–H groups in total. The highest BCUT2D eigenvalue weighted by Crippen LogP contribution is 2.32. The van der Waals surface area contributed by atoms with Crippen molar-refractivity contribution in [3.63, 3.8) is 0 Å². The van der Waals surface area contributed by atoms with E-state index in [4.69, 9.17) is 14.2 Å². The molecule has 2 aliphatic heterocycles. The average molecular weight is 328 g/mol. The molecule has 122 valence electrons. The van der Waals surface area contributed by atoms with Crippen LogP contribution in [-0.2, 0) is 21.5 Å². The zero-order chi connectivity index (χ0) is 15.7. The minimum Gasteiger partial charge on any atom is -0.454 e. The summed E-state index contributed by atoms with van der Waals surface area (Å²) in [5, 5.41) is 0. The molecule has 0 radical (unpaired) electrons. The standard InChI is InChI=1S/C14H20N2O5S/c1-10-7-16(8-11(2)21-10)22(17,18)15-6-12-3-4-13-14(5-12)20-9-19-13/h3-5,10-11,15H,6-9H2,1-2H3. The van der Waals surface area contributed by atoms with Gasteiger partial charge in [0.15, 0.2) is 11.5 Å². The Kier molecular flexibility index (Phi) is 4.26. The highest BCUT2D eigenvalue weighted by atomic mass is 32.2. The second kappa shape index (κ2) is 6.04. The quantitative estimate of drug-likeness (QED) is 0.887. The van der Waals surface area contributed by atoms with Crippen LogP contribution in [0.5, 0.6) is 11.5 Å². The Morgan fingerprint density at radius 1 is 1.18 bits per heavy atom. The fraction of sp³-hybridized carbons (Fsp3) is 0.571. The topological polar surface area (TPSA) is 77.1 Å². The highest BCUT2D eigenvalue weighted by molar-refractivity contribution is 7.87. The van der Waals surface area contributed by atoms with E-state index in [0.29, 0.717) is 24.6 Å². The van der Waals surface area contributed by atoms with Crippen molar-refractivity contribution in [3.05, 3.63) is 23.8 Å². The zero-order valence-electron chi connectivity index (χ0n) is 12.6. The molecule has 1 saturated heterocycles. The largest absolute Gasteiger partial charge is 0.454 e. The molecule has 0 aromatic heterocycles. The molecule has 2 heterocycles. The summed E-state index contributed by atoms with van der Waals surface area (Å²) in [7, 11) is -3.53. The maximum absolute atomic E-state index is 12.4. The Balaban J connectivity index is 1.64. The van der Waals surface area contributed by atoms with Gasteiger partial charge in [-0.15, -0.1) is 0 Å². The van der Waals surface area contributed by atoms with E-state index in [1.165, 1.54) is 4.31 Å². The molecular weight excluding hydrogens is 308 g/mol. The molecule has 1 aromatic rings. The van der Waals surface area contributed by atoms with Crippen molar-refractivity contribution < 1.29 is 22.6 Å². The summed E-state index contributed by atoms with van der Waals surface area (Å²) >= 11 is 0. The van der Waals surface area contributed by atoms with E-state index in [1.54, 1.807) is 12.1 Å². The van der Waals surface area contributed by atoms with Gasteiger partial charge in [0.05, 0.1) is 12.2 Å². The molecule has 2 unspecified atom stereocenters. The zero-order valence-corrected chi connectivity index (χ0v) is 13.4. The molecule has 0 spiro atoms. The van der Waals surface area contributed by atoms with Gasteiger partial charge in [-0.2, -0.15) is 17.4 Å². The fourth-order valence-corrected chi connectivity index (χ4v) is 3.99. The molecule has 0 aliphatic carbocycles. The van der Waals surface area contributed by atoms with E-state index >= 15 is 0 Å². The minimum atomic E-state index is -3.53. The maximum Gasteiger partial charge on any atom is 0.279 e. The number of nitrogens with one attached hydrogen (secondary N) is 1. The lowest BCUT2D eigenvalue weighted by atomic mass is 10.2. The van der Waals surface area contributed by atoms with Crippen molar-refractivity contribution in [2.45, 2.75) is 32.6 Å². The molecule has 2 atom stereocenters. The van der Waals surface area contributed by atoms with Crippen molar-refractivity contribution in [1.29, 1.82) is 0 Å². The molecule has 0 amide bonds. The van der Waals surface area contributed by atoms with Gasteiger partial charge >= 0.3 is 0 Å². The second-order valence-electron chi connectivity index (χ2n) is 5.59. The van der Waals surface area contributed by atoms with Gasteiger partial charge in [0, 0.05) is 19.6 Å². The van der Waals surface area contributed by atoms with Crippen LogP contribution < -0.4 is 14.2 Å². The lowest BCUT2D eigenvalue weighted by Crippen LogP contribution is -2.51. The lowest BCUT2D eigenvalue weighted by Gasteiger charge is -2.34. The van der Waals surface area contributed by atoms with Crippen molar-refractivity contribution in [1.82, 2.24) is 9.03 Å². The van der Waals surface area contributed by atoms with Crippen molar-refractivity contribution >= 4 is 10.2 Å². The van der Waals surface area contributed by atoms with Crippen LogP contribution in [0.25, 0.3) is 0 Å². The Labute approximate surface area is 130 Å². The molecule has 3 rings (SSSR count). The second-order valence-corrected chi connectivity index (χ2v) is 7.34. The normalized spacial score (nSPS) is 25.4. The third-order valence-electron chi connectivity index (χ3n) is 3.62. The van der Waals surface area contributed by atoms with E-state index < -0.39 is 10.2 Å². The molecule has 7 nitrogen and oxygen atoms in total. The van der Waals surface area contributed by atoms with Crippen LogP contribution in [-0.4, -0.2) is 44.8 Å². The smallest absolute Gasteiger partial charge is 0.279 e. The number of hydrogen-bond acceptors (Lipinski definition) is 5. The van der Waals surface area contributed by atoms with Gasteiger partial charge < -0.3 is 14.2 Å². The van der Waals surface area contributed by atoms with Gasteiger partial charge in [-0.1, -0.05) is 6.07 Å². The molecule has 0 saturated carbocycles. The molecule has 1 fully saturated rings. The van der Waals surface area contributed by atoms with Crippen molar-refractivity contribution in [2.75, 3.05) is 19.9 Å². The summed E-state index contributed by atoms with van der Waals surface area (Å²) in [6.07, 6.45) is -0.211. The molecule has 2 aliphatic rings. The first kappa shape index (κ1) is 15.5. The monoisotopic (exact) mass is 328 g/mol. The highest BCUT2D eigenvalue weighted by Gasteiger charge is 2.30. The molecule has 22 heavy (non-hydrogen) atoms. The van der Waals surface area contributed by atoms with Crippen LogP contribution in [0.2, 0.25) is 0 Å². The lowest BCUT2D eigenvalue weighted by molar-refractivity contribution is -0.0444. The predicted molar refractivity (Wildman–Crippen MR) is 79.9 cm³/mol. The Bertz CT molecular complexity index is 639. The van der Waals surface area contributed by atoms with Crippen molar-refractivity contribution in [2.24, 2.45) is 0 Å². The van der Waals surface area contributed by atoms with Crippen molar-refractivity contribution in [3.8, 4) is 11.5 Å². The molecular formula is C14H20N2O5S. The van der Waals surface area contributed by atoms with Crippen LogP contribution in [0.4, 0.5) is 0 Å². The summed E-state index contributed by atoms with van der Waals surface area (Å²) in [6, 6.07) is 5.39. The molecule has 1 aromatic carbocycles. The maximum atomic E-state index is 12.4. The average Bonchev–Trinajstić information content (AvgIpc) is 2.91. The van der Waals surface area contributed by atoms with Gasteiger partial charge in [-0.3, -0.25) is 0 Å². The Hall–Kier alpha value is -1.35. The third-order valence-corrected chi connectivity index (χ3v) is 5.11. The summed E-state index contributed by atoms with van der Waals surface area (Å²) in [4.78, 5) is 0. The van der Waals surface area contributed by atoms with Gasteiger partial charge in [-0.05, 0) is 31.5 Å². The number of fused-ring (bicyclic) bond motifs is 1. The van der Waals surface area contributed by atoms with E-state index in [0.717, 1.165) is 5.56 Å². The summed E-state index contributed by atoms with van der Waals surface area (Å²) < 4.78 is 44.9. The Morgan fingerprint density at radius 2 is 1.86 bits per heavy atom. The summed E-state index contributed by atoms with van der Waals surface area (Å²) in [5.41, 5.74) is 0.821. The fourth-order valence-electron chi connectivity index (χ4n) is 2.64. The van der Waals surface area contributed by atoms with Crippen LogP contribution in [0.15, 0.2) is 18.2 Å². The molecule has 0 bridgehead atoms. The van der Waals surface area contributed by atoms with E-state index in [1.807, 2.05) is 19.9 Å². The van der Waals surface area contributed by atoms with Gasteiger partial charge in [0.1, 0.15) is 0 Å². The predicted octanol–water partition coefficient (Wildman–Crippen LogP) is 0.859. The number of benzene rings is 1. The van der Waals surface area contributed by atoms with Crippen LogP contribution >= 0.6 is 0 Å². The first-order chi connectivity index (χ1) is 10.4. The van der Waals surface area contributed by atoms with E-state index in [9.17, 15) is 8.42 Å². The first-order valence-electron chi connectivity index (χ1n) is 7.23. The van der Waals surface area contributed by atoms with E-state index in [-0.39, 0.29) is 25.5 Å². The number of rotatable bonds is 4. The van der Waals surface area contributed by atoms with Crippen LogP contribution in [0.1, 0.15) is 19.4 Å². The first-order valence-corrected chi connectivity index (χ1v) is 8.67. The third kappa shape index (κ3) is 3.35. The number of ether oxygens (including phenoxy) is 3. The number of morpholine rings is 1.